The van der Waals surface area contributed by atoms with Crippen LogP contribution in [0.5, 0.6) is 0 Å². The summed E-state index contributed by atoms with van der Waals surface area (Å²) in [5.41, 5.74) is 0.822. The fraction of sp³-hybridized carbons (Fsp3) is 0.263. The van der Waals surface area contributed by atoms with Crippen molar-refractivity contribution < 1.29 is 17.7 Å². The number of hydrogen-bond donors (Lipinski definition) is 2. The highest BCUT2D eigenvalue weighted by atomic mass is 35.5. The number of piperidine rings is 1. The summed E-state index contributed by atoms with van der Waals surface area (Å²) in [7, 11) is 0. The van der Waals surface area contributed by atoms with E-state index in [0.29, 0.717) is 23.3 Å². The molecule has 8 nitrogen and oxygen atoms in total. The summed E-state index contributed by atoms with van der Waals surface area (Å²) in [5.74, 6) is -3.70. The predicted octanol–water partition coefficient (Wildman–Crippen LogP) is 3.05. The average Bonchev–Trinajstić information content (AvgIpc) is 3.37. The lowest BCUT2D eigenvalue weighted by Gasteiger charge is -2.23. The number of rotatable bonds is 3. The van der Waals surface area contributed by atoms with Crippen molar-refractivity contribution in [1.82, 2.24) is 30.1 Å². The molecular weight excluding hydrogens is 437 g/mol. The van der Waals surface area contributed by atoms with Crippen LogP contribution in [-0.4, -0.2) is 37.8 Å². The molecule has 3 aromatic heterocycles. The van der Waals surface area contributed by atoms with Gasteiger partial charge in [0.2, 0.25) is 5.82 Å². The van der Waals surface area contributed by atoms with Gasteiger partial charge in [-0.05, 0) is 32.0 Å². The lowest BCUT2D eigenvalue weighted by atomic mass is 9.94. The minimum atomic E-state index is -1.31. The van der Waals surface area contributed by atoms with Crippen molar-refractivity contribution in [2.24, 2.45) is 0 Å². The Bertz CT molecular complexity index is 1310. The maximum absolute atomic E-state index is 14.0. The van der Waals surface area contributed by atoms with Crippen LogP contribution in [0.1, 0.15) is 24.5 Å². The van der Waals surface area contributed by atoms with Gasteiger partial charge in [0.25, 0.3) is 11.4 Å². The van der Waals surface area contributed by atoms with E-state index in [2.05, 4.69) is 25.5 Å². The normalized spacial score (nSPS) is 14.7. The molecule has 1 aliphatic rings. The molecule has 0 spiro atoms. The molecule has 2 N–H and O–H groups in total. The maximum Gasteiger partial charge on any atom is 0.263 e. The van der Waals surface area contributed by atoms with E-state index in [9.17, 15) is 18.0 Å². The molecule has 1 saturated heterocycles. The zero-order valence-electron chi connectivity index (χ0n) is 15.9. The van der Waals surface area contributed by atoms with Gasteiger partial charge in [0.15, 0.2) is 11.6 Å². The highest BCUT2D eigenvalue weighted by molar-refractivity contribution is 5.85. The highest BCUT2D eigenvalue weighted by Crippen LogP contribution is 2.29. The fourth-order valence-electron chi connectivity index (χ4n) is 3.71. The van der Waals surface area contributed by atoms with E-state index >= 15 is 0 Å². The zero-order valence-corrected chi connectivity index (χ0v) is 16.7. The molecule has 1 aromatic carbocycles. The van der Waals surface area contributed by atoms with E-state index in [0.717, 1.165) is 31.6 Å². The van der Waals surface area contributed by atoms with Gasteiger partial charge < -0.3 is 14.8 Å². The number of benzene rings is 1. The fourth-order valence-corrected chi connectivity index (χ4v) is 3.71. The van der Waals surface area contributed by atoms with Crippen molar-refractivity contribution in [3.8, 4) is 22.8 Å². The van der Waals surface area contributed by atoms with E-state index in [1.165, 1.54) is 12.3 Å². The first-order chi connectivity index (χ1) is 14.5. The molecule has 1 aliphatic heterocycles. The Hall–Kier alpha value is -3.18. The average molecular weight is 453 g/mol. The predicted molar refractivity (Wildman–Crippen MR) is 107 cm³/mol. The second-order valence-corrected chi connectivity index (χ2v) is 7.07. The third kappa shape index (κ3) is 3.70. The van der Waals surface area contributed by atoms with Crippen molar-refractivity contribution in [3.63, 3.8) is 0 Å². The van der Waals surface area contributed by atoms with Gasteiger partial charge in [-0.3, -0.25) is 4.79 Å². The molecule has 0 saturated carbocycles. The summed E-state index contributed by atoms with van der Waals surface area (Å²) in [6.07, 6.45) is 3.19. The Kier molecular flexibility index (Phi) is 5.54. The van der Waals surface area contributed by atoms with Crippen LogP contribution < -0.4 is 10.9 Å². The van der Waals surface area contributed by atoms with Crippen LogP contribution in [0.3, 0.4) is 0 Å². The first-order valence-electron chi connectivity index (χ1n) is 9.32. The minimum Gasteiger partial charge on any atom is -0.333 e. The quantitative estimate of drug-likeness (QED) is 0.463. The summed E-state index contributed by atoms with van der Waals surface area (Å²) in [6.45, 7) is 1.69. The minimum absolute atomic E-state index is 0. The zero-order chi connectivity index (χ0) is 20.8. The molecule has 0 bridgehead atoms. The van der Waals surface area contributed by atoms with Crippen molar-refractivity contribution >= 4 is 18.1 Å². The second-order valence-electron chi connectivity index (χ2n) is 7.07. The van der Waals surface area contributed by atoms with Crippen molar-refractivity contribution in [2.75, 3.05) is 13.1 Å². The number of H-pyrrole nitrogens is 1. The molecule has 5 rings (SSSR count). The molecule has 0 aliphatic carbocycles. The van der Waals surface area contributed by atoms with Gasteiger partial charge in [-0.2, -0.15) is 10.1 Å². The van der Waals surface area contributed by atoms with Gasteiger partial charge in [-0.15, -0.1) is 12.4 Å². The largest absolute Gasteiger partial charge is 0.333 e. The molecule has 162 valence electrons. The van der Waals surface area contributed by atoms with Gasteiger partial charge in [-0.1, -0.05) is 5.16 Å². The molecular formula is C19H16ClF3N6O2. The molecule has 0 radical (unpaired) electrons. The molecule has 31 heavy (non-hydrogen) atoms. The SMILES string of the molecule is Cl.O=c1cc(C2CCNCC2)n2ncc(-c3nc(-c4cc(F)c(F)cc4F)no3)c2[nH]1. The van der Waals surface area contributed by atoms with Gasteiger partial charge in [0, 0.05) is 18.1 Å². The molecule has 0 unspecified atom stereocenters. The Morgan fingerprint density at radius 1 is 1.03 bits per heavy atom. The van der Waals surface area contributed by atoms with Crippen LogP contribution in [0.2, 0.25) is 0 Å². The van der Waals surface area contributed by atoms with Gasteiger partial charge >= 0.3 is 0 Å². The standard InChI is InChI=1S/C19H15F3N6O2.ClH/c20-12-6-14(22)13(21)5-10(12)17-26-19(30-27-17)11-8-24-28-15(7-16(29)25-18(11)28)9-1-3-23-4-2-9;/h5-9,23H,1-4H2,(H,25,29);1H. The number of fused-ring (bicyclic) bond motifs is 1. The van der Waals surface area contributed by atoms with Crippen LogP contribution in [0, 0.1) is 17.5 Å². The molecule has 12 heteroatoms. The summed E-state index contributed by atoms with van der Waals surface area (Å²) < 4.78 is 47.5. The Morgan fingerprint density at radius 2 is 1.77 bits per heavy atom. The Morgan fingerprint density at radius 3 is 2.55 bits per heavy atom. The van der Waals surface area contributed by atoms with Crippen LogP contribution in [-0.2, 0) is 0 Å². The first kappa shape index (κ1) is 21.1. The summed E-state index contributed by atoms with van der Waals surface area (Å²) in [5, 5.41) is 11.3. The first-order valence-corrected chi connectivity index (χ1v) is 9.32. The third-order valence-corrected chi connectivity index (χ3v) is 5.20. The molecule has 0 amide bonds. The van der Waals surface area contributed by atoms with Crippen molar-refractivity contribution in [1.29, 1.82) is 0 Å². The maximum atomic E-state index is 14.0. The number of hydrogen-bond acceptors (Lipinski definition) is 6. The number of nitrogens with one attached hydrogen (secondary N) is 2. The van der Waals surface area contributed by atoms with Gasteiger partial charge in [0.05, 0.1) is 17.5 Å². The molecule has 4 aromatic rings. The van der Waals surface area contributed by atoms with Crippen molar-refractivity contribution in [3.05, 3.63) is 57.9 Å². The highest BCUT2D eigenvalue weighted by Gasteiger charge is 2.23. The summed E-state index contributed by atoms with van der Waals surface area (Å²) >= 11 is 0. The number of halogens is 4. The van der Waals surface area contributed by atoms with E-state index in [1.54, 1.807) is 4.52 Å². The van der Waals surface area contributed by atoms with E-state index in [4.69, 9.17) is 4.52 Å². The molecule has 0 atom stereocenters. The Labute approximate surface area is 178 Å². The van der Waals surface area contributed by atoms with Crippen LogP contribution in [0.25, 0.3) is 28.5 Å². The second kappa shape index (κ2) is 8.16. The number of aromatic nitrogens is 5. The van der Waals surface area contributed by atoms with Crippen molar-refractivity contribution in [2.45, 2.75) is 18.8 Å². The summed E-state index contributed by atoms with van der Waals surface area (Å²) in [6, 6.07) is 2.60. The van der Waals surface area contributed by atoms with Crippen LogP contribution >= 0.6 is 12.4 Å². The molecule has 4 heterocycles. The van der Waals surface area contributed by atoms with Crippen LogP contribution in [0.4, 0.5) is 13.2 Å². The van der Waals surface area contributed by atoms with E-state index < -0.39 is 17.5 Å². The van der Waals surface area contributed by atoms with Gasteiger partial charge in [0.1, 0.15) is 17.0 Å². The van der Waals surface area contributed by atoms with E-state index in [1.807, 2.05) is 0 Å². The molecule has 1 fully saturated rings. The number of aromatic amines is 1. The van der Waals surface area contributed by atoms with Crippen LogP contribution in [0.15, 0.2) is 33.7 Å². The smallest absolute Gasteiger partial charge is 0.263 e. The van der Waals surface area contributed by atoms with Gasteiger partial charge in [-0.25, -0.2) is 17.7 Å². The monoisotopic (exact) mass is 452 g/mol. The lowest BCUT2D eigenvalue weighted by molar-refractivity contribution is 0.431. The lowest BCUT2D eigenvalue weighted by Crippen LogP contribution is -2.28. The summed E-state index contributed by atoms with van der Waals surface area (Å²) in [4.78, 5) is 19.1. The number of nitrogens with zero attached hydrogens (tertiary/aromatic N) is 4. The van der Waals surface area contributed by atoms with E-state index in [-0.39, 0.29) is 41.2 Å². The third-order valence-electron chi connectivity index (χ3n) is 5.20. The Balaban J connectivity index is 0.00000231. The topological polar surface area (TPSA) is 101 Å².